The molecule has 1 aromatic heterocycles. The molecule has 1 saturated carbocycles. The van der Waals surface area contributed by atoms with E-state index in [0.29, 0.717) is 11.5 Å². The minimum absolute atomic E-state index is 0.0248. The Morgan fingerprint density at radius 3 is 2.55 bits per heavy atom. The van der Waals surface area contributed by atoms with E-state index < -0.39 is 0 Å². The van der Waals surface area contributed by atoms with Gasteiger partial charge >= 0.3 is 0 Å². The first-order chi connectivity index (χ1) is 9.30. The fourth-order valence-corrected chi connectivity index (χ4v) is 3.31. The van der Waals surface area contributed by atoms with Crippen LogP contribution in [0, 0.1) is 18.3 Å². The highest BCUT2D eigenvalue weighted by Gasteiger charge is 2.35. The lowest BCUT2D eigenvalue weighted by molar-refractivity contribution is 0.0829. The van der Waals surface area contributed by atoms with Gasteiger partial charge in [0.15, 0.2) is 0 Å². The number of hydrogen-bond donors (Lipinski definition) is 1. The SMILES string of the molecule is Cc1c(C(=O)NC2CCCCC2C(C)(C)C)cnn1C. The topological polar surface area (TPSA) is 46.9 Å². The molecule has 4 heteroatoms. The number of nitrogens with zero attached hydrogens (tertiary/aromatic N) is 2. The molecule has 1 aliphatic carbocycles. The van der Waals surface area contributed by atoms with Crippen LogP contribution >= 0.6 is 0 Å². The highest BCUT2D eigenvalue weighted by atomic mass is 16.1. The third kappa shape index (κ3) is 3.05. The first-order valence-corrected chi connectivity index (χ1v) is 7.60. The summed E-state index contributed by atoms with van der Waals surface area (Å²) in [7, 11) is 1.87. The summed E-state index contributed by atoms with van der Waals surface area (Å²) in [6.07, 6.45) is 6.46. The smallest absolute Gasteiger partial charge is 0.254 e. The van der Waals surface area contributed by atoms with Crippen LogP contribution in [0.3, 0.4) is 0 Å². The van der Waals surface area contributed by atoms with Crippen molar-refractivity contribution in [3.8, 4) is 0 Å². The van der Waals surface area contributed by atoms with E-state index in [1.807, 2.05) is 14.0 Å². The highest BCUT2D eigenvalue weighted by molar-refractivity contribution is 5.95. The molecule has 4 nitrogen and oxygen atoms in total. The number of carbonyl (C=O) groups excluding carboxylic acids is 1. The van der Waals surface area contributed by atoms with E-state index in [4.69, 9.17) is 0 Å². The third-order valence-electron chi connectivity index (χ3n) is 4.67. The summed E-state index contributed by atoms with van der Waals surface area (Å²) in [4.78, 5) is 12.5. The van der Waals surface area contributed by atoms with Gasteiger partial charge in [-0.05, 0) is 31.1 Å². The van der Waals surface area contributed by atoms with Crippen molar-refractivity contribution in [2.24, 2.45) is 18.4 Å². The second-order valence-corrected chi connectivity index (χ2v) is 7.10. The maximum absolute atomic E-state index is 12.5. The van der Waals surface area contributed by atoms with Crippen LogP contribution in [0.2, 0.25) is 0 Å². The molecule has 0 aliphatic heterocycles. The summed E-state index contributed by atoms with van der Waals surface area (Å²) in [6, 6.07) is 0.288. The lowest BCUT2D eigenvalue weighted by Crippen LogP contribution is -2.46. The Balaban J connectivity index is 2.11. The molecule has 0 bridgehead atoms. The van der Waals surface area contributed by atoms with E-state index in [-0.39, 0.29) is 17.4 Å². The predicted molar refractivity (Wildman–Crippen MR) is 80.6 cm³/mol. The van der Waals surface area contributed by atoms with Crippen molar-refractivity contribution in [1.29, 1.82) is 0 Å². The Bertz CT molecular complexity index is 484. The van der Waals surface area contributed by atoms with Crippen LogP contribution in [-0.4, -0.2) is 21.7 Å². The lowest BCUT2D eigenvalue weighted by atomic mass is 9.69. The third-order valence-corrected chi connectivity index (χ3v) is 4.67. The van der Waals surface area contributed by atoms with Gasteiger partial charge < -0.3 is 5.32 Å². The number of aromatic nitrogens is 2. The van der Waals surface area contributed by atoms with Gasteiger partial charge in [-0.3, -0.25) is 9.48 Å². The van der Waals surface area contributed by atoms with Crippen LogP contribution < -0.4 is 5.32 Å². The quantitative estimate of drug-likeness (QED) is 0.903. The molecule has 1 heterocycles. The fourth-order valence-electron chi connectivity index (χ4n) is 3.31. The molecule has 112 valence electrons. The van der Waals surface area contributed by atoms with Gasteiger partial charge in [0.1, 0.15) is 0 Å². The number of amides is 1. The Hall–Kier alpha value is -1.32. The zero-order valence-electron chi connectivity index (χ0n) is 13.4. The van der Waals surface area contributed by atoms with E-state index in [1.165, 1.54) is 19.3 Å². The molecule has 1 aliphatic rings. The van der Waals surface area contributed by atoms with Crippen molar-refractivity contribution in [2.45, 2.75) is 59.4 Å². The maximum Gasteiger partial charge on any atom is 0.254 e. The zero-order valence-corrected chi connectivity index (χ0v) is 13.4. The molecule has 0 spiro atoms. The molecule has 1 N–H and O–H groups in total. The van der Waals surface area contributed by atoms with Gasteiger partial charge in [-0.15, -0.1) is 0 Å². The summed E-state index contributed by atoms with van der Waals surface area (Å²) in [5.41, 5.74) is 1.86. The van der Waals surface area contributed by atoms with Crippen molar-refractivity contribution >= 4 is 5.91 Å². The van der Waals surface area contributed by atoms with Crippen LogP contribution in [0.4, 0.5) is 0 Å². The average Bonchev–Trinajstić information content (AvgIpc) is 2.69. The zero-order chi connectivity index (χ0) is 14.9. The normalized spacial score (nSPS) is 23.6. The number of carbonyl (C=O) groups is 1. The van der Waals surface area contributed by atoms with Gasteiger partial charge in [-0.1, -0.05) is 33.6 Å². The minimum Gasteiger partial charge on any atom is -0.349 e. The molecule has 1 amide bonds. The van der Waals surface area contributed by atoms with Crippen molar-refractivity contribution in [2.75, 3.05) is 0 Å². The predicted octanol–water partition coefficient (Wildman–Crippen LogP) is 3.06. The Morgan fingerprint density at radius 1 is 1.35 bits per heavy atom. The standard InChI is InChI=1S/C16H27N3O/c1-11-12(10-17-19(11)5)15(20)18-14-9-7-6-8-13(14)16(2,3)4/h10,13-14H,6-9H2,1-5H3,(H,18,20). The summed E-state index contributed by atoms with van der Waals surface area (Å²) < 4.78 is 1.75. The first kappa shape index (κ1) is 15.1. The summed E-state index contributed by atoms with van der Waals surface area (Å²) in [6.45, 7) is 8.76. The highest BCUT2D eigenvalue weighted by Crippen LogP contribution is 2.38. The van der Waals surface area contributed by atoms with Gasteiger partial charge in [0.2, 0.25) is 0 Å². The summed E-state index contributed by atoms with van der Waals surface area (Å²) in [5.74, 6) is 0.578. The van der Waals surface area contributed by atoms with Crippen molar-refractivity contribution in [3.05, 3.63) is 17.5 Å². The molecule has 2 rings (SSSR count). The molecule has 0 aromatic carbocycles. The molecular weight excluding hydrogens is 250 g/mol. The van der Waals surface area contributed by atoms with Crippen molar-refractivity contribution in [1.82, 2.24) is 15.1 Å². The molecule has 0 radical (unpaired) electrons. The molecule has 0 saturated heterocycles. The van der Waals surface area contributed by atoms with Crippen molar-refractivity contribution in [3.63, 3.8) is 0 Å². The van der Waals surface area contributed by atoms with E-state index in [0.717, 1.165) is 12.1 Å². The van der Waals surface area contributed by atoms with E-state index in [2.05, 4.69) is 31.2 Å². The Kier molecular flexibility index (Phi) is 4.21. The number of aryl methyl sites for hydroxylation is 1. The monoisotopic (exact) mass is 277 g/mol. The molecular formula is C16H27N3O. The number of hydrogen-bond acceptors (Lipinski definition) is 2. The number of rotatable bonds is 2. The van der Waals surface area contributed by atoms with Gasteiger partial charge in [0.05, 0.1) is 11.8 Å². The van der Waals surface area contributed by atoms with Gasteiger partial charge in [-0.25, -0.2) is 0 Å². The molecule has 1 aromatic rings. The number of nitrogens with one attached hydrogen (secondary N) is 1. The second-order valence-electron chi connectivity index (χ2n) is 7.10. The largest absolute Gasteiger partial charge is 0.349 e. The molecule has 2 unspecified atom stereocenters. The molecule has 2 atom stereocenters. The van der Waals surface area contributed by atoms with Gasteiger partial charge in [-0.2, -0.15) is 5.10 Å². The maximum atomic E-state index is 12.5. The van der Waals surface area contributed by atoms with E-state index >= 15 is 0 Å². The van der Waals surface area contributed by atoms with Crippen LogP contribution in [0.15, 0.2) is 6.20 Å². The first-order valence-electron chi connectivity index (χ1n) is 7.60. The summed E-state index contributed by atoms with van der Waals surface area (Å²) in [5, 5.41) is 7.41. The van der Waals surface area contributed by atoms with Crippen LogP contribution in [0.5, 0.6) is 0 Å². The second kappa shape index (κ2) is 5.58. The van der Waals surface area contributed by atoms with Crippen LogP contribution in [-0.2, 0) is 7.05 Å². The van der Waals surface area contributed by atoms with Crippen LogP contribution in [0.25, 0.3) is 0 Å². The average molecular weight is 277 g/mol. The Labute approximate surface area is 121 Å². The minimum atomic E-state index is 0.0248. The molecule has 1 fully saturated rings. The fraction of sp³-hybridized carbons (Fsp3) is 0.750. The van der Waals surface area contributed by atoms with E-state index in [1.54, 1.807) is 10.9 Å². The van der Waals surface area contributed by atoms with Gasteiger partial charge in [0, 0.05) is 18.8 Å². The van der Waals surface area contributed by atoms with Crippen LogP contribution in [0.1, 0.15) is 62.5 Å². The lowest BCUT2D eigenvalue weighted by Gasteiger charge is -2.40. The van der Waals surface area contributed by atoms with Gasteiger partial charge in [0.25, 0.3) is 5.91 Å². The van der Waals surface area contributed by atoms with E-state index in [9.17, 15) is 4.79 Å². The van der Waals surface area contributed by atoms with Crippen molar-refractivity contribution < 1.29 is 4.79 Å². The molecule has 20 heavy (non-hydrogen) atoms. The Morgan fingerprint density at radius 2 is 2.00 bits per heavy atom. The summed E-state index contributed by atoms with van der Waals surface area (Å²) >= 11 is 0.